The smallest absolute Gasteiger partial charge is 0.320 e. The van der Waals surface area contributed by atoms with Gasteiger partial charge in [-0.1, -0.05) is 142 Å². The fourth-order valence-corrected chi connectivity index (χ4v) is 5.10. The van der Waals surface area contributed by atoms with Gasteiger partial charge >= 0.3 is 5.97 Å². The first kappa shape index (κ1) is 32.9. The molecule has 0 fully saturated rings. The maximum absolute atomic E-state index is 12.2. The highest BCUT2D eigenvalue weighted by Crippen LogP contribution is 2.28. The van der Waals surface area contributed by atoms with Crippen molar-refractivity contribution in [1.82, 2.24) is 0 Å². The molecule has 3 atom stereocenters. The number of primary amides is 1. The van der Waals surface area contributed by atoms with Crippen molar-refractivity contribution in [3.63, 3.8) is 0 Å². The minimum Gasteiger partial charge on any atom is -0.480 e. The molecule has 0 aliphatic rings. The van der Waals surface area contributed by atoms with Gasteiger partial charge in [0.2, 0.25) is 5.91 Å². The molecule has 0 rings (SSSR count). The standard InChI is InChI=1S/C29H58N2O3/c1-3-5-7-9-11-13-15-17-19-21-23-25(27(30)29(33)34)26(28(31)32)24-22-20-18-16-14-12-10-8-6-4-2/h25-27H,3-24,30H2,1-2H3,(H2,31,32)(H,33,34). The molecule has 0 spiro atoms. The summed E-state index contributed by atoms with van der Waals surface area (Å²) in [6.07, 6.45) is 26.0. The average Bonchev–Trinajstić information content (AvgIpc) is 2.81. The highest BCUT2D eigenvalue weighted by atomic mass is 16.4. The lowest BCUT2D eigenvalue weighted by Crippen LogP contribution is -2.45. The largest absolute Gasteiger partial charge is 0.480 e. The number of rotatable bonds is 26. The lowest BCUT2D eigenvalue weighted by atomic mass is 9.79. The van der Waals surface area contributed by atoms with Gasteiger partial charge < -0.3 is 16.6 Å². The van der Waals surface area contributed by atoms with Crippen LogP contribution < -0.4 is 11.5 Å². The van der Waals surface area contributed by atoms with Crippen LogP contribution in [-0.4, -0.2) is 23.0 Å². The predicted molar refractivity (Wildman–Crippen MR) is 145 cm³/mol. The van der Waals surface area contributed by atoms with Gasteiger partial charge in [0.05, 0.1) is 0 Å². The van der Waals surface area contributed by atoms with Crippen LogP contribution in [0.2, 0.25) is 0 Å². The lowest BCUT2D eigenvalue weighted by Gasteiger charge is -2.28. The Bertz CT molecular complexity index is 484. The molecule has 5 heteroatoms. The third-order valence-electron chi connectivity index (χ3n) is 7.39. The van der Waals surface area contributed by atoms with Crippen molar-refractivity contribution < 1.29 is 14.7 Å². The fourth-order valence-electron chi connectivity index (χ4n) is 5.10. The number of carboxylic acid groups (broad SMARTS) is 1. The maximum atomic E-state index is 12.2. The van der Waals surface area contributed by atoms with Gasteiger partial charge in [0.15, 0.2) is 0 Å². The maximum Gasteiger partial charge on any atom is 0.320 e. The summed E-state index contributed by atoms with van der Waals surface area (Å²) in [7, 11) is 0. The molecule has 0 aliphatic carbocycles. The number of carbonyl (C=O) groups excluding carboxylic acids is 1. The van der Waals surface area contributed by atoms with E-state index in [2.05, 4.69) is 13.8 Å². The van der Waals surface area contributed by atoms with E-state index in [0.717, 1.165) is 25.7 Å². The first-order chi connectivity index (χ1) is 16.5. The van der Waals surface area contributed by atoms with Crippen molar-refractivity contribution in [1.29, 1.82) is 0 Å². The van der Waals surface area contributed by atoms with Crippen LogP contribution >= 0.6 is 0 Å². The molecule has 0 aromatic carbocycles. The van der Waals surface area contributed by atoms with E-state index in [4.69, 9.17) is 11.5 Å². The van der Waals surface area contributed by atoms with Gasteiger partial charge in [0.25, 0.3) is 0 Å². The van der Waals surface area contributed by atoms with Crippen molar-refractivity contribution in [2.75, 3.05) is 0 Å². The van der Waals surface area contributed by atoms with Crippen molar-refractivity contribution in [2.24, 2.45) is 23.3 Å². The molecule has 0 aromatic heterocycles. The summed E-state index contributed by atoms with van der Waals surface area (Å²) in [6, 6.07) is -1.01. The highest BCUT2D eigenvalue weighted by Gasteiger charge is 2.34. The summed E-state index contributed by atoms with van der Waals surface area (Å²) < 4.78 is 0. The quantitative estimate of drug-likeness (QED) is 0.110. The number of carbonyl (C=O) groups is 2. The van der Waals surface area contributed by atoms with Crippen LogP contribution in [0.4, 0.5) is 0 Å². The Labute approximate surface area is 211 Å². The Morgan fingerprint density at radius 3 is 1.24 bits per heavy atom. The van der Waals surface area contributed by atoms with Gasteiger partial charge in [-0.2, -0.15) is 0 Å². The number of nitrogens with two attached hydrogens (primary N) is 2. The van der Waals surface area contributed by atoms with E-state index in [9.17, 15) is 14.7 Å². The minimum absolute atomic E-state index is 0.359. The van der Waals surface area contributed by atoms with Crippen LogP contribution in [0.25, 0.3) is 0 Å². The topological polar surface area (TPSA) is 106 Å². The zero-order valence-electron chi connectivity index (χ0n) is 22.7. The van der Waals surface area contributed by atoms with Gasteiger partial charge in [-0.15, -0.1) is 0 Å². The van der Waals surface area contributed by atoms with E-state index >= 15 is 0 Å². The Kier molecular flexibility index (Phi) is 22.9. The summed E-state index contributed by atoms with van der Waals surface area (Å²) in [5, 5.41) is 9.51. The van der Waals surface area contributed by atoms with Gasteiger partial charge in [-0.05, 0) is 18.8 Å². The van der Waals surface area contributed by atoms with Crippen LogP contribution in [-0.2, 0) is 9.59 Å². The number of unbranched alkanes of at least 4 members (excludes halogenated alkanes) is 18. The van der Waals surface area contributed by atoms with E-state index in [1.807, 2.05) is 0 Å². The summed E-state index contributed by atoms with van der Waals surface area (Å²) in [5.74, 6) is -2.20. The number of aliphatic carboxylic acids is 1. The number of hydrogen-bond donors (Lipinski definition) is 3. The van der Waals surface area contributed by atoms with E-state index in [1.54, 1.807) is 0 Å². The normalized spacial score (nSPS) is 14.1. The molecule has 0 aliphatic heterocycles. The SMILES string of the molecule is CCCCCCCCCCCCC(C(N)=O)C(CCCCCCCCCCCC)C(N)C(=O)O. The third kappa shape index (κ3) is 18.3. The number of carboxylic acids is 1. The highest BCUT2D eigenvalue weighted by molar-refractivity contribution is 5.79. The Morgan fingerprint density at radius 1 is 0.588 bits per heavy atom. The summed E-state index contributed by atoms with van der Waals surface area (Å²) in [6.45, 7) is 4.48. The van der Waals surface area contributed by atoms with Crippen molar-refractivity contribution in [3.8, 4) is 0 Å². The molecule has 0 radical (unpaired) electrons. The predicted octanol–water partition coefficient (Wildman–Crippen LogP) is 7.74. The molecule has 3 unspecified atom stereocenters. The molecular formula is C29H58N2O3. The van der Waals surface area contributed by atoms with E-state index in [0.29, 0.717) is 12.8 Å². The number of amides is 1. The summed E-state index contributed by atoms with van der Waals surface area (Å²) >= 11 is 0. The summed E-state index contributed by atoms with van der Waals surface area (Å²) in [4.78, 5) is 23.8. The average molecular weight is 483 g/mol. The summed E-state index contributed by atoms with van der Waals surface area (Å²) in [5.41, 5.74) is 11.8. The molecule has 34 heavy (non-hydrogen) atoms. The molecule has 0 aromatic rings. The first-order valence-electron chi connectivity index (χ1n) is 14.7. The van der Waals surface area contributed by atoms with Crippen molar-refractivity contribution >= 4 is 11.9 Å². The molecule has 0 heterocycles. The number of hydrogen-bond acceptors (Lipinski definition) is 3. The third-order valence-corrected chi connectivity index (χ3v) is 7.39. The van der Waals surface area contributed by atoms with Crippen LogP contribution in [0.3, 0.4) is 0 Å². The van der Waals surface area contributed by atoms with Crippen LogP contribution in [0.15, 0.2) is 0 Å². The zero-order chi connectivity index (χ0) is 25.4. The van der Waals surface area contributed by atoms with Crippen LogP contribution in [0.5, 0.6) is 0 Å². The Hall–Kier alpha value is -1.10. The van der Waals surface area contributed by atoms with E-state index in [-0.39, 0.29) is 11.8 Å². The van der Waals surface area contributed by atoms with E-state index < -0.39 is 17.9 Å². The second-order valence-electron chi connectivity index (χ2n) is 10.5. The molecule has 0 saturated heterocycles. The minimum atomic E-state index is -1.02. The molecular weight excluding hydrogens is 424 g/mol. The van der Waals surface area contributed by atoms with Crippen LogP contribution in [0.1, 0.15) is 155 Å². The van der Waals surface area contributed by atoms with Crippen molar-refractivity contribution in [2.45, 2.75) is 161 Å². The Balaban J connectivity index is 4.26. The molecule has 5 N–H and O–H groups in total. The first-order valence-corrected chi connectivity index (χ1v) is 14.7. The second-order valence-corrected chi connectivity index (χ2v) is 10.5. The molecule has 1 amide bonds. The monoisotopic (exact) mass is 482 g/mol. The fraction of sp³-hybridized carbons (Fsp3) is 0.931. The van der Waals surface area contributed by atoms with Crippen molar-refractivity contribution in [3.05, 3.63) is 0 Å². The van der Waals surface area contributed by atoms with Gasteiger partial charge in [0, 0.05) is 5.92 Å². The van der Waals surface area contributed by atoms with Crippen LogP contribution in [0, 0.1) is 11.8 Å². The van der Waals surface area contributed by atoms with Gasteiger partial charge in [-0.25, -0.2) is 0 Å². The Morgan fingerprint density at radius 2 is 0.912 bits per heavy atom. The second kappa shape index (κ2) is 23.6. The van der Waals surface area contributed by atoms with E-state index in [1.165, 1.54) is 103 Å². The van der Waals surface area contributed by atoms with Gasteiger partial charge in [-0.3, -0.25) is 9.59 Å². The molecule has 202 valence electrons. The van der Waals surface area contributed by atoms with Gasteiger partial charge in [0.1, 0.15) is 6.04 Å². The molecule has 0 bridgehead atoms. The zero-order valence-corrected chi connectivity index (χ0v) is 22.7. The molecule has 5 nitrogen and oxygen atoms in total. The molecule has 0 saturated carbocycles. The lowest BCUT2D eigenvalue weighted by molar-refractivity contribution is -0.141.